The molecule has 1 aromatic rings. The first kappa shape index (κ1) is 11.5. The maximum atomic E-state index is 10.9. The zero-order chi connectivity index (χ0) is 11.6. The van der Waals surface area contributed by atoms with Gasteiger partial charge in [0.05, 0.1) is 6.42 Å². The predicted molar refractivity (Wildman–Crippen MR) is 66.0 cm³/mol. The molecule has 1 fully saturated rings. The highest BCUT2D eigenvalue weighted by atomic mass is 32.2. The number of aliphatic carboxylic acids is 1. The second kappa shape index (κ2) is 4.50. The molecule has 1 N–H and O–H groups in total. The van der Waals surface area contributed by atoms with Crippen LogP contribution in [0.3, 0.4) is 0 Å². The molecule has 2 nitrogen and oxygen atoms in total. The van der Waals surface area contributed by atoms with Crippen molar-refractivity contribution in [1.29, 1.82) is 0 Å². The summed E-state index contributed by atoms with van der Waals surface area (Å²) in [5, 5.41) is 9.00. The van der Waals surface area contributed by atoms with Crippen LogP contribution in [0.15, 0.2) is 29.2 Å². The molecule has 1 saturated carbocycles. The van der Waals surface area contributed by atoms with Gasteiger partial charge in [-0.15, -0.1) is 11.8 Å². The largest absolute Gasteiger partial charge is 0.481 e. The second-order valence-electron chi connectivity index (χ2n) is 4.44. The maximum Gasteiger partial charge on any atom is 0.304 e. The Kier molecular flexibility index (Phi) is 3.24. The number of hydrogen-bond donors (Lipinski definition) is 1. The van der Waals surface area contributed by atoms with Crippen LogP contribution >= 0.6 is 11.8 Å². The highest BCUT2D eigenvalue weighted by Gasteiger charge is 2.40. The average Bonchev–Trinajstić information content (AvgIpc) is 2.23. The van der Waals surface area contributed by atoms with Gasteiger partial charge in [-0.2, -0.15) is 0 Å². The number of hydrogen-bond acceptors (Lipinski definition) is 2. The van der Waals surface area contributed by atoms with Gasteiger partial charge in [-0.25, -0.2) is 0 Å². The van der Waals surface area contributed by atoms with Crippen LogP contribution in [0.4, 0.5) is 0 Å². The summed E-state index contributed by atoms with van der Waals surface area (Å²) >= 11 is 1.71. The Bertz CT molecular complexity index is 397. The summed E-state index contributed by atoms with van der Waals surface area (Å²) in [5.74, 6) is -0.686. The third-order valence-corrected chi connectivity index (χ3v) is 4.21. The fourth-order valence-electron chi connectivity index (χ4n) is 2.41. The lowest BCUT2D eigenvalue weighted by atomic mass is 9.62. The molecule has 1 aliphatic rings. The van der Waals surface area contributed by atoms with Crippen molar-refractivity contribution in [3.63, 3.8) is 0 Å². The molecule has 0 radical (unpaired) electrons. The van der Waals surface area contributed by atoms with Crippen LogP contribution in [0.2, 0.25) is 0 Å². The van der Waals surface area contributed by atoms with E-state index in [1.54, 1.807) is 11.8 Å². The highest BCUT2D eigenvalue weighted by molar-refractivity contribution is 7.98. The van der Waals surface area contributed by atoms with Crippen LogP contribution in [0.25, 0.3) is 0 Å². The van der Waals surface area contributed by atoms with Gasteiger partial charge in [0, 0.05) is 10.3 Å². The van der Waals surface area contributed by atoms with Gasteiger partial charge in [-0.3, -0.25) is 4.79 Å². The van der Waals surface area contributed by atoms with Gasteiger partial charge in [0.2, 0.25) is 0 Å². The molecule has 0 aliphatic heterocycles. The van der Waals surface area contributed by atoms with Crippen LogP contribution in [0.1, 0.15) is 31.2 Å². The minimum absolute atomic E-state index is 0.0857. The summed E-state index contributed by atoms with van der Waals surface area (Å²) in [6.45, 7) is 0. The second-order valence-corrected chi connectivity index (χ2v) is 5.32. The monoisotopic (exact) mass is 236 g/mol. The van der Waals surface area contributed by atoms with Crippen molar-refractivity contribution in [2.24, 2.45) is 0 Å². The van der Waals surface area contributed by atoms with Gasteiger partial charge in [0.1, 0.15) is 0 Å². The van der Waals surface area contributed by atoms with E-state index in [2.05, 4.69) is 18.2 Å². The van der Waals surface area contributed by atoms with E-state index in [-0.39, 0.29) is 11.8 Å². The minimum Gasteiger partial charge on any atom is -0.481 e. The van der Waals surface area contributed by atoms with E-state index in [1.807, 2.05) is 12.3 Å². The first-order chi connectivity index (χ1) is 7.66. The molecule has 0 saturated heterocycles. The summed E-state index contributed by atoms with van der Waals surface area (Å²) in [6.07, 6.45) is 5.49. The quantitative estimate of drug-likeness (QED) is 0.815. The lowest BCUT2D eigenvalue weighted by Crippen LogP contribution is -2.36. The Labute approximate surface area is 100 Å². The normalized spacial score (nSPS) is 17.8. The van der Waals surface area contributed by atoms with Crippen molar-refractivity contribution in [2.75, 3.05) is 6.26 Å². The topological polar surface area (TPSA) is 37.3 Å². The molecular formula is C13H16O2S. The Morgan fingerprint density at radius 3 is 2.75 bits per heavy atom. The molecule has 0 unspecified atom stereocenters. The first-order valence-corrected chi connectivity index (χ1v) is 6.75. The maximum absolute atomic E-state index is 10.9. The van der Waals surface area contributed by atoms with E-state index in [1.165, 1.54) is 10.5 Å². The van der Waals surface area contributed by atoms with Gasteiger partial charge in [0.25, 0.3) is 0 Å². The van der Waals surface area contributed by atoms with E-state index in [0.717, 1.165) is 19.3 Å². The number of carboxylic acids is 1. The zero-order valence-corrected chi connectivity index (χ0v) is 10.2. The number of benzene rings is 1. The van der Waals surface area contributed by atoms with Crippen molar-refractivity contribution < 1.29 is 9.90 Å². The van der Waals surface area contributed by atoms with Gasteiger partial charge >= 0.3 is 5.97 Å². The van der Waals surface area contributed by atoms with Crippen LogP contribution in [0, 0.1) is 0 Å². The van der Waals surface area contributed by atoms with Crippen LogP contribution in [-0.4, -0.2) is 17.3 Å². The molecule has 0 aromatic heterocycles. The average molecular weight is 236 g/mol. The number of rotatable bonds is 4. The van der Waals surface area contributed by atoms with E-state index in [0.29, 0.717) is 0 Å². The molecule has 3 heteroatoms. The molecular weight excluding hydrogens is 220 g/mol. The van der Waals surface area contributed by atoms with Crippen molar-refractivity contribution in [3.05, 3.63) is 29.8 Å². The fraction of sp³-hybridized carbons (Fsp3) is 0.462. The van der Waals surface area contributed by atoms with Crippen molar-refractivity contribution in [3.8, 4) is 0 Å². The molecule has 0 spiro atoms. The fourth-order valence-corrected chi connectivity index (χ4v) is 2.87. The summed E-state index contributed by atoms with van der Waals surface area (Å²) in [4.78, 5) is 12.1. The molecule has 0 heterocycles. The van der Waals surface area contributed by atoms with Gasteiger partial charge < -0.3 is 5.11 Å². The Morgan fingerprint density at radius 1 is 1.50 bits per heavy atom. The van der Waals surface area contributed by atoms with Crippen molar-refractivity contribution >= 4 is 17.7 Å². The number of thioether (sulfide) groups is 1. The van der Waals surface area contributed by atoms with Crippen LogP contribution in [-0.2, 0) is 10.2 Å². The molecule has 0 atom stereocenters. The van der Waals surface area contributed by atoms with Gasteiger partial charge in [-0.05, 0) is 36.8 Å². The molecule has 16 heavy (non-hydrogen) atoms. The minimum atomic E-state index is -0.686. The molecule has 0 amide bonds. The third-order valence-electron chi connectivity index (χ3n) is 3.48. The molecule has 2 rings (SSSR count). The summed E-state index contributed by atoms with van der Waals surface area (Å²) in [6, 6.07) is 8.32. The smallest absolute Gasteiger partial charge is 0.304 e. The molecule has 1 aliphatic carbocycles. The number of carbonyl (C=O) groups is 1. The third kappa shape index (κ3) is 2.09. The summed E-state index contributed by atoms with van der Waals surface area (Å²) in [7, 11) is 0. The van der Waals surface area contributed by atoms with Crippen molar-refractivity contribution in [2.45, 2.75) is 36.0 Å². The predicted octanol–water partition coefficient (Wildman–Crippen LogP) is 3.30. The summed E-state index contributed by atoms with van der Waals surface area (Å²) < 4.78 is 0. The lowest BCUT2D eigenvalue weighted by molar-refractivity contribution is -0.139. The van der Waals surface area contributed by atoms with Gasteiger partial charge in [0.15, 0.2) is 0 Å². The lowest BCUT2D eigenvalue weighted by Gasteiger charge is -2.41. The number of carboxylic acid groups (broad SMARTS) is 1. The molecule has 86 valence electrons. The highest BCUT2D eigenvalue weighted by Crippen LogP contribution is 2.46. The Morgan fingerprint density at radius 2 is 2.25 bits per heavy atom. The molecule has 1 aromatic carbocycles. The van der Waals surface area contributed by atoms with Crippen LogP contribution < -0.4 is 0 Å². The zero-order valence-electron chi connectivity index (χ0n) is 9.40. The van der Waals surface area contributed by atoms with E-state index >= 15 is 0 Å². The van der Waals surface area contributed by atoms with E-state index in [9.17, 15) is 4.79 Å². The Balaban J connectivity index is 2.29. The standard InChI is InChI=1S/C13H16O2S/c1-16-11-5-2-4-10(8-11)13(6-3-7-13)9-12(14)15/h2,4-5,8H,3,6-7,9H2,1H3,(H,14,15). The van der Waals surface area contributed by atoms with E-state index < -0.39 is 5.97 Å². The molecule has 0 bridgehead atoms. The SMILES string of the molecule is CSc1cccc(C2(CC(=O)O)CCC2)c1. The van der Waals surface area contributed by atoms with Crippen molar-refractivity contribution in [1.82, 2.24) is 0 Å². The Hall–Kier alpha value is -0.960. The van der Waals surface area contributed by atoms with E-state index in [4.69, 9.17) is 5.11 Å². The van der Waals surface area contributed by atoms with Crippen LogP contribution in [0.5, 0.6) is 0 Å². The van der Waals surface area contributed by atoms with Gasteiger partial charge in [-0.1, -0.05) is 18.6 Å². The first-order valence-electron chi connectivity index (χ1n) is 5.53. The summed E-state index contributed by atoms with van der Waals surface area (Å²) in [5.41, 5.74) is 1.12.